The molecule has 0 fully saturated rings. The molecule has 2 aromatic rings. The zero-order valence-corrected chi connectivity index (χ0v) is 13.7. The zero-order valence-electron chi connectivity index (χ0n) is 13.7. The Morgan fingerprint density at radius 3 is 2.40 bits per heavy atom. The van der Waals surface area contributed by atoms with E-state index in [-0.39, 0.29) is 13.4 Å². The number of methoxy groups -OCH3 is 2. The maximum atomic E-state index is 11.3. The first kappa shape index (κ1) is 14.5. The topological polar surface area (TPSA) is 75.6 Å². The van der Waals surface area contributed by atoms with E-state index >= 15 is 0 Å². The van der Waals surface area contributed by atoms with Crippen LogP contribution in [0.15, 0.2) is 24.3 Å². The first-order chi connectivity index (χ1) is 12.1. The molecule has 2 aromatic carbocycles. The van der Waals surface area contributed by atoms with Gasteiger partial charge in [-0.2, -0.15) is 0 Å². The maximum Gasteiger partial charge on any atom is 0.231 e. The van der Waals surface area contributed by atoms with Gasteiger partial charge in [0.2, 0.25) is 6.79 Å². The summed E-state index contributed by atoms with van der Waals surface area (Å²) in [6.45, 7) is 0.225. The number of fused-ring (bicyclic) bond motifs is 6. The summed E-state index contributed by atoms with van der Waals surface area (Å²) in [6, 6.07) is 7.02. The van der Waals surface area contributed by atoms with Gasteiger partial charge in [0.1, 0.15) is 18.1 Å². The minimum absolute atomic E-state index is 0.0623. The lowest BCUT2D eigenvalue weighted by Gasteiger charge is -2.35. The van der Waals surface area contributed by atoms with Gasteiger partial charge in [0, 0.05) is 23.3 Å². The van der Waals surface area contributed by atoms with Crippen LogP contribution in [0.25, 0.3) is 0 Å². The Balaban J connectivity index is 1.64. The Morgan fingerprint density at radius 1 is 0.920 bits per heavy atom. The summed E-state index contributed by atoms with van der Waals surface area (Å²) in [4.78, 5) is 0. The highest BCUT2D eigenvalue weighted by atomic mass is 16.7. The summed E-state index contributed by atoms with van der Waals surface area (Å²) < 4.78 is 33.4. The highest BCUT2D eigenvalue weighted by Crippen LogP contribution is 2.57. The highest BCUT2D eigenvalue weighted by Gasteiger charge is 2.54. The molecule has 25 heavy (non-hydrogen) atoms. The minimum atomic E-state index is -1.32. The molecule has 0 aromatic heterocycles. The van der Waals surface area contributed by atoms with Crippen LogP contribution in [-0.4, -0.2) is 32.7 Å². The number of benzene rings is 2. The van der Waals surface area contributed by atoms with Crippen LogP contribution in [-0.2, 0) is 5.60 Å². The number of aliphatic hydroxyl groups is 1. The second-order valence-electron chi connectivity index (χ2n) is 6.16. The van der Waals surface area contributed by atoms with Gasteiger partial charge in [-0.1, -0.05) is 0 Å². The third-order valence-electron chi connectivity index (χ3n) is 4.87. The average molecular weight is 344 g/mol. The normalized spacial score (nSPS) is 24.5. The lowest BCUT2D eigenvalue weighted by atomic mass is 9.84. The largest absolute Gasteiger partial charge is 0.493 e. The van der Waals surface area contributed by atoms with Crippen molar-refractivity contribution in [2.45, 2.75) is 11.7 Å². The number of hydrogen-bond donors (Lipinski definition) is 1. The van der Waals surface area contributed by atoms with Gasteiger partial charge in [0.15, 0.2) is 34.7 Å². The Bertz CT molecular complexity index is 878. The predicted octanol–water partition coefficient (Wildman–Crippen LogP) is 2.15. The molecule has 0 aliphatic carbocycles. The molecule has 0 bridgehead atoms. The van der Waals surface area contributed by atoms with E-state index in [0.717, 1.165) is 0 Å². The monoisotopic (exact) mass is 344 g/mol. The summed E-state index contributed by atoms with van der Waals surface area (Å²) in [5, 5.41) is 11.3. The molecule has 7 nitrogen and oxygen atoms in total. The molecule has 0 unspecified atom stereocenters. The third-order valence-corrected chi connectivity index (χ3v) is 4.87. The summed E-state index contributed by atoms with van der Waals surface area (Å²) in [7, 11) is 3.12. The summed E-state index contributed by atoms with van der Waals surface area (Å²) in [6.07, 6.45) is -0.617. The van der Waals surface area contributed by atoms with Gasteiger partial charge in [0.05, 0.1) is 14.2 Å². The molecule has 7 heteroatoms. The molecule has 3 aliphatic rings. The van der Waals surface area contributed by atoms with E-state index in [4.69, 9.17) is 28.4 Å². The van der Waals surface area contributed by atoms with Crippen molar-refractivity contribution >= 4 is 0 Å². The van der Waals surface area contributed by atoms with E-state index in [1.807, 2.05) is 0 Å². The number of ether oxygens (including phenoxy) is 6. The quantitative estimate of drug-likeness (QED) is 0.894. The van der Waals surface area contributed by atoms with Crippen molar-refractivity contribution in [1.29, 1.82) is 0 Å². The van der Waals surface area contributed by atoms with Crippen LogP contribution in [0.5, 0.6) is 34.5 Å². The van der Waals surface area contributed by atoms with Crippen LogP contribution in [0.3, 0.4) is 0 Å². The van der Waals surface area contributed by atoms with Crippen molar-refractivity contribution in [3.63, 3.8) is 0 Å². The molecule has 2 atom stereocenters. The van der Waals surface area contributed by atoms with Gasteiger partial charge < -0.3 is 33.5 Å². The molecular formula is C18H16O7. The lowest BCUT2D eigenvalue weighted by molar-refractivity contribution is -0.0865. The van der Waals surface area contributed by atoms with Crippen LogP contribution in [0.2, 0.25) is 0 Å². The molecule has 3 aliphatic heterocycles. The molecule has 0 spiro atoms. The van der Waals surface area contributed by atoms with Crippen LogP contribution >= 0.6 is 0 Å². The Kier molecular flexibility index (Phi) is 2.82. The maximum absolute atomic E-state index is 11.3. The van der Waals surface area contributed by atoms with Crippen molar-refractivity contribution in [1.82, 2.24) is 0 Å². The molecule has 0 amide bonds. The van der Waals surface area contributed by atoms with Gasteiger partial charge in [-0.15, -0.1) is 0 Å². The molecular weight excluding hydrogens is 328 g/mol. The van der Waals surface area contributed by atoms with Crippen molar-refractivity contribution in [2.75, 3.05) is 27.6 Å². The van der Waals surface area contributed by atoms with E-state index in [2.05, 4.69) is 0 Å². The first-order valence-corrected chi connectivity index (χ1v) is 7.86. The molecule has 130 valence electrons. The van der Waals surface area contributed by atoms with E-state index in [1.165, 1.54) is 0 Å². The molecule has 0 saturated carbocycles. The zero-order chi connectivity index (χ0) is 17.2. The standard InChI is InChI=1S/C18H16O7/c1-20-13-3-9-11(5-14(13)21-2)22-7-18(19)10-4-15-16(24-8-23-15)6-12(10)25-17(9)18/h3-6,17,19H,7-8H2,1-2H3/t17-,18+/m1/s1. The van der Waals surface area contributed by atoms with Crippen LogP contribution in [0, 0.1) is 0 Å². The number of rotatable bonds is 2. The van der Waals surface area contributed by atoms with E-state index in [1.54, 1.807) is 38.5 Å². The third kappa shape index (κ3) is 1.84. The Morgan fingerprint density at radius 2 is 1.64 bits per heavy atom. The smallest absolute Gasteiger partial charge is 0.231 e. The second kappa shape index (κ2) is 4.86. The molecule has 1 N–H and O–H groups in total. The Hall–Kier alpha value is -2.80. The van der Waals surface area contributed by atoms with Crippen LogP contribution in [0.1, 0.15) is 17.2 Å². The predicted molar refractivity (Wildman–Crippen MR) is 84.9 cm³/mol. The van der Waals surface area contributed by atoms with Gasteiger partial charge in [-0.3, -0.25) is 0 Å². The highest BCUT2D eigenvalue weighted by molar-refractivity contribution is 5.60. The summed E-state index contributed by atoms with van der Waals surface area (Å²) >= 11 is 0. The van der Waals surface area contributed by atoms with Gasteiger partial charge >= 0.3 is 0 Å². The Labute approximate surface area is 143 Å². The van der Waals surface area contributed by atoms with Gasteiger partial charge in [0.25, 0.3) is 0 Å². The molecule has 0 radical (unpaired) electrons. The fraction of sp³-hybridized carbons (Fsp3) is 0.333. The second-order valence-corrected chi connectivity index (χ2v) is 6.16. The van der Waals surface area contributed by atoms with Gasteiger partial charge in [-0.05, 0) is 12.1 Å². The average Bonchev–Trinajstić information content (AvgIpc) is 3.20. The van der Waals surface area contributed by atoms with Crippen LogP contribution in [0.4, 0.5) is 0 Å². The summed E-state index contributed by atoms with van der Waals surface area (Å²) in [5.74, 6) is 3.46. The fourth-order valence-corrected chi connectivity index (χ4v) is 3.59. The van der Waals surface area contributed by atoms with Crippen molar-refractivity contribution in [3.05, 3.63) is 35.4 Å². The lowest BCUT2D eigenvalue weighted by Crippen LogP contribution is -2.41. The number of hydrogen-bond acceptors (Lipinski definition) is 7. The molecule has 3 heterocycles. The minimum Gasteiger partial charge on any atom is -0.493 e. The SMILES string of the molecule is COc1cc2c(cc1OC)[C@H]1Oc3cc4c(cc3[C@@]1(O)CO2)OCO4. The van der Waals surface area contributed by atoms with Crippen molar-refractivity contribution in [3.8, 4) is 34.5 Å². The van der Waals surface area contributed by atoms with E-state index < -0.39 is 11.7 Å². The molecule has 0 saturated heterocycles. The van der Waals surface area contributed by atoms with E-state index in [9.17, 15) is 5.11 Å². The van der Waals surface area contributed by atoms with Gasteiger partial charge in [-0.25, -0.2) is 0 Å². The molecule has 5 rings (SSSR count). The first-order valence-electron chi connectivity index (χ1n) is 7.86. The van der Waals surface area contributed by atoms with Crippen LogP contribution < -0.4 is 28.4 Å². The van der Waals surface area contributed by atoms with E-state index in [0.29, 0.717) is 45.6 Å². The van der Waals surface area contributed by atoms with Crippen molar-refractivity contribution < 1.29 is 33.5 Å². The fourth-order valence-electron chi connectivity index (χ4n) is 3.59. The summed E-state index contributed by atoms with van der Waals surface area (Å²) in [5.41, 5.74) is 0.00917. The van der Waals surface area contributed by atoms with Crippen molar-refractivity contribution in [2.24, 2.45) is 0 Å².